The summed E-state index contributed by atoms with van der Waals surface area (Å²) in [5.74, 6) is -0.160. The van der Waals surface area contributed by atoms with Crippen molar-refractivity contribution in [1.82, 2.24) is 15.1 Å². The molecule has 0 fully saturated rings. The second-order valence-electron chi connectivity index (χ2n) is 2.75. The van der Waals surface area contributed by atoms with Crippen LogP contribution in [-0.2, 0) is 0 Å². The Morgan fingerprint density at radius 3 is 3.07 bits per heavy atom. The van der Waals surface area contributed by atoms with Gasteiger partial charge in [0, 0.05) is 19.3 Å². The Kier molecular flexibility index (Phi) is 3.87. The fraction of sp³-hybridized carbons (Fsp3) is 0.333. The molecular formula is C9H13N3O2. The molecule has 76 valence electrons. The number of nitrogens with one attached hydrogen (secondary N) is 1. The van der Waals surface area contributed by atoms with Crippen LogP contribution in [0, 0.1) is 0 Å². The van der Waals surface area contributed by atoms with E-state index in [0.717, 1.165) is 0 Å². The quantitative estimate of drug-likeness (QED) is 0.651. The number of carbonyl (C=O) groups excluding carboxylic acids is 1. The Hall–Kier alpha value is -1.62. The molecule has 0 radical (unpaired) electrons. The van der Waals surface area contributed by atoms with Crippen LogP contribution >= 0.6 is 0 Å². The molecule has 0 aliphatic carbocycles. The van der Waals surface area contributed by atoms with Gasteiger partial charge in [-0.25, -0.2) is 0 Å². The Bertz CT molecular complexity index is 295. The molecule has 0 unspecified atom stereocenters. The zero-order chi connectivity index (χ0) is 10.4. The first kappa shape index (κ1) is 10.5. The molecule has 0 bridgehead atoms. The smallest absolute Gasteiger partial charge is 0.257 e. The predicted octanol–water partition coefficient (Wildman–Crippen LogP) is 0.0302. The maximum absolute atomic E-state index is 11.7. The summed E-state index contributed by atoms with van der Waals surface area (Å²) in [6, 6.07) is 0. The minimum Gasteiger partial charge on any atom is -0.395 e. The average molecular weight is 195 g/mol. The minimum absolute atomic E-state index is 0.0581. The van der Waals surface area contributed by atoms with Crippen molar-refractivity contribution in [3.8, 4) is 0 Å². The highest BCUT2D eigenvalue weighted by molar-refractivity contribution is 5.93. The Labute approximate surface area is 82.0 Å². The van der Waals surface area contributed by atoms with Gasteiger partial charge in [0.1, 0.15) is 0 Å². The maximum Gasteiger partial charge on any atom is 0.257 e. The molecule has 5 heteroatoms. The molecule has 14 heavy (non-hydrogen) atoms. The zero-order valence-electron chi connectivity index (χ0n) is 7.81. The van der Waals surface area contributed by atoms with Crippen molar-refractivity contribution in [2.75, 3.05) is 19.7 Å². The molecule has 5 nitrogen and oxygen atoms in total. The second-order valence-corrected chi connectivity index (χ2v) is 2.75. The van der Waals surface area contributed by atoms with Crippen LogP contribution in [0.4, 0.5) is 0 Å². The summed E-state index contributed by atoms with van der Waals surface area (Å²) in [4.78, 5) is 13.2. The van der Waals surface area contributed by atoms with E-state index in [2.05, 4.69) is 16.8 Å². The van der Waals surface area contributed by atoms with E-state index in [-0.39, 0.29) is 12.5 Å². The lowest BCUT2D eigenvalue weighted by atomic mass is 10.3. The molecule has 2 N–H and O–H groups in total. The molecule has 0 aromatic carbocycles. The fourth-order valence-corrected chi connectivity index (χ4v) is 1.10. The lowest BCUT2D eigenvalue weighted by Crippen LogP contribution is -2.33. The normalized spacial score (nSPS) is 9.79. The van der Waals surface area contributed by atoms with Crippen LogP contribution in [0.1, 0.15) is 10.4 Å². The van der Waals surface area contributed by atoms with Crippen molar-refractivity contribution in [1.29, 1.82) is 0 Å². The lowest BCUT2D eigenvalue weighted by Gasteiger charge is -2.18. The maximum atomic E-state index is 11.7. The summed E-state index contributed by atoms with van der Waals surface area (Å²) < 4.78 is 0. The van der Waals surface area contributed by atoms with Crippen LogP contribution in [0.15, 0.2) is 25.0 Å². The number of aromatic nitrogens is 2. The molecule has 1 rings (SSSR count). The SMILES string of the molecule is C=CCN(CCO)C(=O)c1cn[nH]c1. The molecule has 1 amide bonds. The number of hydrogen-bond acceptors (Lipinski definition) is 3. The van der Waals surface area contributed by atoms with Crippen molar-refractivity contribution in [3.63, 3.8) is 0 Å². The van der Waals surface area contributed by atoms with Crippen molar-refractivity contribution >= 4 is 5.91 Å². The summed E-state index contributed by atoms with van der Waals surface area (Å²) in [5, 5.41) is 15.0. The number of amides is 1. The van der Waals surface area contributed by atoms with E-state index in [1.165, 1.54) is 17.3 Å². The van der Waals surface area contributed by atoms with E-state index in [4.69, 9.17) is 5.11 Å². The van der Waals surface area contributed by atoms with E-state index in [1.807, 2.05) is 0 Å². The van der Waals surface area contributed by atoms with Crippen LogP contribution in [0.25, 0.3) is 0 Å². The van der Waals surface area contributed by atoms with E-state index in [1.54, 1.807) is 6.08 Å². The van der Waals surface area contributed by atoms with Gasteiger partial charge in [-0.05, 0) is 0 Å². The number of aromatic amines is 1. The molecule has 0 saturated heterocycles. The van der Waals surface area contributed by atoms with Crippen LogP contribution in [-0.4, -0.2) is 45.8 Å². The van der Waals surface area contributed by atoms with Gasteiger partial charge in [0.2, 0.25) is 0 Å². The Balaban J connectivity index is 2.68. The van der Waals surface area contributed by atoms with E-state index < -0.39 is 0 Å². The predicted molar refractivity (Wildman–Crippen MR) is 51.8 cm³/mol. The van der Waals surface area contributed by atoms with Crippen LogP contribution in [0.2, 0.25) is 0 Å². The van der Waals surface area contributed by atoms with Crippen molar-refractivity contribution in [2.45, 2.75) is 0 Å². The van der Waals surface area contributed by atoms with Gasteiger partial charge < -0.3 is 10.0 Å². The highest BCUT2D eigenvalue weighted by Gasteiger charge is 2.14. The van der Waals surface area contributed by atoms with E-state index in [0.29, 0.717) is 18.7 Å². The van der Waals surface area contributed by atoms with E-state index in [9.17, 15) is 4.79 Å². The number of nitrogens with zero attached hydrogens (tertiary/aromatic N) is 2. The van der Waals surface area contributed by atoms with Gasteiger partial charge in [-0.2, -0.15) is 5.10 Å². The first-order valence-corrected chi connectivity index (χ1v) is 4.29. The van der Waals surface area contributed by atoms with Crippen molar-refractivity contribution in [2.24, 2.45) is 0 Å². The number of hydrogen-bond donors (Lipinski definition) is 2. The molecule has 1 heterocycles. The summed E-state index contributed by atoms with van der Waals surface area (Å²) in [6.07, 6.45) is 4.60. The number of carbonyl (C=O) groups is 1. The monoisotopic (exact) mass is 195 g/mol. The molecule has 1 aromatic heterocycles. The first-order valence-electron chi connectivity index (χ1n) is 4.29. The van der Waals surface area contributed by atoms with Crippen molar-refractivity contribution in [3.05, 3.63) is 30.6 Å². The average Bonchev–Trinajstić information content (AvgIpc) is 2.69. The third kappa shape index (κ3) is 2.43. The number of aliphatic hydroxyl groups excluding tert-OH is 1. The third-order valence-electron chi connectivity index (χ3n) is 1.75. The Morgan fingerprint density at radius 1 is 1.79 bits per heavy atom. The molecule has 0 saturated carbocycles. The standard InChI is InChI=1S/C9H13N3O2/c1-2-3-12(4-5-13)9(14)8-6-10-11-7-8/h2,6-7,13H,1,3-5H2,(H,10,11). The molecule has 0 atom stereocenters. The largest absolute Gasteiger partial charge is 0.395 e. The summed E-state index contributed by atoms with van der Waals surface area (Å²) in [6.45, 7) is 4.21. The number of aliphatic hydroxyl groups is 1. The zero-order valence-corrected chi connectivity index (χ0v) is 7.81. The topological polar surface area (TPSA) is 69.2 Å². The van der Waals surface area contributed by atoms with Crippen molar-refractivity contribution < 1.29 is 9.90 Å². The van der Waals surface area contributed by atoms with Crippen LogP contribution < -0.4 is 0 Å². The van der Waals surface area contributed by atoms with Crippen LogP contribution in [0.5, 0.6) is 0 Å². The highest BCUT2D eigenvalue weighted by Crippen LogP contribution is 2.01. The molecule has 0 aliphatic heterocycles. The fourth-order valence-electron chi connectivity index (χ4n) is 1.10. The Morgan fingerprint density at radius 2 is 2.57 bits per heavy atom. The summed E-state index contributed by atoms with van der Waals surface area (Å²) in [5.41, 5.74) is 0.486. The van der Waals surface area contributed by atoms with Gasteiger partial charge in [0.05, 0.1) is 18.4 Å². The lowest BCUT2D eigenvalue weighted by molar-refractivity contribution is 0.0743. The van der Waals surface area contributed by atoms with Gasteiger partial charge in [0.15, 0.2) is 0 Å². The van der Waals surface area contributed by atoms with Crippen LogP contribution in [0.3, 0.4) is 0 Å². The number of rotatable bonds is 5. The van der Waals surface area contributed by atoms with Gasteiger partial charge in [-0.1, -0.05) is 6.08 Å². The first-order chi connectivity index (χ1) is 6.79. The van der Waals surface area contributed by atoms with E-state index >= 15 is 0 Å². The van der Waals surface area contributed by atoms with Gasteiger partial charge in [-0.15, -0.1) is 6.58 Å². The molecular weight excluding hydrogens is 182 g/mol. The van der Waals surface area contributed by atoms with Gasteiger partial charge >= 0.3 is 0 Å². The summed E-state index contributed by atoms with van der Waals surface area (Å²) in [7, 11) is 0. The van der Waals surface area contributed by atoms with Gasteiger partial charge in [-0.3, -0.25) is 9.89 Å². The second kappa shape index (κ2) is 5.18. The van der Waals surface area contributed by atoms with Gasteiger partial charge in [0.25, 0.3) is 5.91 Å². The minimum atomic E-state index is -0.160. The third-order valence-corrected chi connectivity index (χ3v) is 1.75. The highest BCUT2D eigenvalue weighted by atomic mass is 16.3. The molecule has 0 spiro atoms. The molecule has 1 aromatic rings. The number of H-pyrrole nitrogens is 1. The summed E-state index contributed by atoms with van der Waals surface area (Å²) >= 11 is 0. The molecule has 0 aliphatic rings.